The normalized spacial score (nSPS) is 24.2. The van der Waals surface area contributed by atoms with Crippen LogP contribution in [0.3, 0.4) is 0 Å². The van der Waals surface area contributed by atoms with Gasteiger partial charge in [0, 0.05) is 12.1 Å². The Labute approximate surface area is 148 Å². The highest BCUT2D eigenvalue weighted by Gasteiger charge is 2.46. The molecule has 2 fully saturated rings. The number of Topliss-reactive ketones (excluding diaryl/α,β-unsaturated/α-hetero) is 2. The number of para-hydroxylation sites is 1. The average Bonchev–Trinajstić information content (AvgIpc) is 2.66. The smallest absolute Gasteiger partial charge is 0.219 e. The van der Waals surface area contributed by atoms with Crippen molar-refractivity contribution in [2.75, 3.05) is 26.2 Å². The van der Waals surface area contributed by atoms with E-state index in [0.29, 0.717) is 13.2 Å². The van der Waals surface area contributed by atoms with Gasteiger partial charge >= 0.3 is 0 Å². The Bertz CT molecular complexity index is 614. The first-order valence-electron chi connectivity index (χ1n) is 9.17. The highest BCUT2D eigenvalue weighted by atomic mass is 16.5. The molecular formula is C19H27N3O3. The molecule has 1 aromatic rings. The van der Waals surface area contributed by atoms with Gasteiger partial charge in [0.15, 0.2) is 0 Å². The maximum Gasteiger partial charge on any atom is 0.219 e. The summed E-state index contributed by atoms with van der Waals surface area (Å²) in [6.45, 7) is 4.42. The van der Waals surface area contributed by atoms with Crippen LogP contribution in [0.4, 0.5) is 0 Å². The fourth-order valence-corrected chi connectivity index (χ4v) is 3.40. The average molecular weight is 345 g/mol. The van der Waals surface area contributed by atoms with E-state index in [1.165, 1.54) is 24.8 Å². The number of nitrogens with two attached hydrogens (primary N) is 1. The molecule has 2 aliphatic rings. The number of hydrogen-bond donors (Lipinski definition) is 2. The molecule has 1 saturated heterocycles. The molecule has 0 radical (unpaired) electrons. The minimum absolute atomic E-state index is 0.403. The number of ether oxygens (including phenoxy) is 1. The van der Waals surface area contributed by atoms with E-state index in [1.54, 1.807) is 0 Å². The summed E-state index contributed by atoms with van der Waals surface area (Å²) >= 11 is 0. The summed E-state index contributed by atoms with van der Waals surface area (Å²) in [5.41, 5.74) is 6.82. The van der Waals surface area contributed by atoms with Gasteiger partial charge in [0.25, 0.3) is 0 Å². The van der Waals surface area contributed by atoms with Crippen molar-refractivity contribution in [3.8, 4) is 5.75 Å². The van der Waals surface area contributed by atoms with E-state index in [1.807, 2.05) is 18.2 Å². The molecule has 0 spiro atoms. The molecule has 0 aromatic heterocycles. The molecule has 1 heterocycles. The van der Waals surface area contributed by atoms with Crippen molar-refractivity contribution in [3.05, 3.63) is 29.8 Å². The number of piperidine rings is 1. The van der Waals surface area contributed by atoms with Crippen LogP contribution in [0, 0.1) is 0 Å². The standard InChI is InChI=1S/C19H27N3O3/c20-16-17(19(24)18(16)23)21-9-6-12-25-15-8-3-2-7-14(15)13-22-10-4-1-5-11-22/h2-3,7-8,16-17,21H,1,4-6,9-13,20H2. The SMILES string of the molecule is NC1C(=O)C(=O)C1NCCCOc1ccccc1CN1CCCCC1. The maximum absolute atomic E-state index is 11.4. The zero-order valence-electron chi connectivity index (χ0n) is 14.6. The van der Waals surface area contributed by atoms with Crippen molar-refractivity contribution >= 4 is 11.6 Å². The van der Waals surface area contributed by atoms with Crippen LogP contribution in [0.2, 0.25) is 0 Å². The summed E-state index contributed by atoms with van der Waals surface area (Å²) in [5, 5.41) is 3.03. The van der Waals surface area contributed by atoms with Gasteiger partial charge in [0.1, 0.15) is 5.75 Å². The molecule has 3 rings (SSSR count). The van der Waals surface area contributed by atoms with Crippen molar-refractivity contribution in [1.29, 1.82) is 0 Å². The molecule has 6 heteroatoms. The Morgan fingerprint density at radius 3 is 2.64 bits per heavy atom. The zero-order chi connectivity index (χ0) is 17.6. The van der Waals surface area contributed by atoms with Crippen LogP contribution >= 0.6 is 0 Å². The topological polar surface area (TPSA) is 84.7 Å². The molecule has 6 nitrogen and oxygen atoms in total. The van der Waals surface area contributed by atoms with Gasteiger partial charge in [-0.15, -0.1) is 0 Å². The van der Waals surface area contributed by atoms with Gasteiger partial charge in [-0.05, 0) is 45.0 Å². The van der Waals surface area contributed by atoms with E-state index in [0.717, 1.165) is 31.8 Å². The summed E-state index contributed by atoms with van der Waals surface area (Å²) in [6.07, 6.45) is 4.64. The Hall–Kier alpha value is -1.76. The molecule has 25 heavy (non-hydrogen) atoms. The fraction of sp³-hybridized carbons (Fsp3) is 0.579. The van der Waals surface area contributed by atoms with Crippen LogP contribution in [-0.2, 0) is 16.1 Å². The number of nitrogens with one attached hydrogen (secondary N) is 1. The molecule has 136 valence electrons. The van der Waals surface area contributed by atoms with Crippen molar-refractivity contribution in [2.45, 2.75) is 44.3 Å². The van der Waals surface area contributed by atoms with Crippen molar-refractivity contribution < 1.29 is 14.3 Å². The minimum Gasteiger partial charge on any atom is -0.493 e. The van der Waals surface area contributed by atoms with Gasteiger partial charge in [-0.2, -0.15) is 0 Å². The van der Waals surface area contributed by atoms with Crippen LogP contribution in [0.1, 0.15) is 31.2 Å². The van der Waals surface area contributed by atoms with E-state index >= 15 is 0 Å². The van der Waals surface area contributed by atoms with Gasteiger partial charge in [-0.25, -0.2) is 0 Å². The molecule has 1 saturated carbocycles. The Kier molecular flexibility index (Phi) is 6.18. The summed E-state index contributed by atoms with van der Waals surface area (Å²) in [6, 6.07) is 6.98. The Balaban J connectivity index is 1.41. The predicted octanol–water partition coefficient (Wildman–Crippen LogP) is 0.879. The third-order valence-electron chi connectivity index (χ3n) is 4.95. The summed E-state index contributed by atoms with van der Waals surface area (Å²) in [5.74, 6) is 0.0559. The molecule has 0 bridgehead atoms. The lowest BCUT2D eigenvalue weighted by molar-refractivity contribution is -0.146. The van der Waals surface area contributed by atoms with Crippen molar-refractivity contribution in [3.63, 3.8) is 0 Å². The van der Waals surface area contributed by atoms with Crippen LogP contribution in [0.15, 0.2) is 24.3 Å². The number of rotatable bonds is 8. The van der Waals surface area contributed by atoms with E-state index in [4.69, 9.17) is 10.5 Å². The predicted molar refractivity (Wildman–Crippen MR) is 95.5 cm³/mol. The first kappa shape index (κ1) is 18.0. The molecule has 0 amide bonds. The van der Waals surface area contributed by atoms with Gasteiger partial charge in [0.2, 0.25) is 11.6 Å². The second-order valence-corrected chi connectivity index (χ2v) is 6.83. The van der Waals surface area contributed by atoms with E-state index < -0.39 is 23.7 Å². The first-order valence-corrected chi connectivity index (χ1v) is 9.17. The van der Waals surface area contributed by atoms with Crippen LogP contribution < -0.4 is 15.8 Å². The second kappa shape index (κ2) is 8.56. The molecule has 1 aromatic carbocycles. The van der Waals surface area contributed by atoms with Gasteiger partial charge in [-0.3, -0.25) is 14.5 Å². The lowest BCUT2D eigenvalue weighted by Gasteiger charge is -2.30. The van der Waals surface area contributed by atoms with E-state index in [-0.39, 0.29) is 0 Å². The Morgan fingerprint density at radius 2 is 1.88 bits per heavy atom. The molecule has 2 unspecified atom stereocenters. The molecule has 2 atom stereocenters. The van der Waals surface area contributed by atoms with E-state index in [2.05, 4.69) is 16.3 Å². The summed E-state index contributed by atoms with van der Waals surface area (Å²) in [4.78, 5) is 24.9. The number of nitrogens with zero attached hydrogens (tertiary/aromatic N) is 1. The summed E-state index contributed by atoms with van der Waals surface area (Å²) in [7, 11) is 0. The number of carbonyl (C=O) groups excluding carboxylic acids is 2. The minimum atomic E-state index is -0.682. The molecule has 1 aliphatic carbocycles. The lowest BCUT2D eigenvalue weighted by atomic mass is 9.84. The van der Waals surface area contributed by atoms with Crippen molar-refractivity contribution in [1.82, 2.24) is 10.2 Å². The third-order valence-corrected chi connectivity index (χ3v) is 4.95. The monoisotopic (exact) mass is 345 g/mol. The van der Waals surface area contributed by atoms with E-state index in [9.17, 15) is 9.59 Å². The third kappa shape index (κ3) is 4.45. The molecular weight excluding hydrogens is 318 g/mol. The summed E-state index contributed by atoms with van der Waals surface area (Å²) < 4.78 is 5.94. The molecule has 3 N–H and O–H groups in total. The molecule has 1 aliphatic heterocycles. The lowest BCUT2D eigenvalue weighted by Crippen LogP contribution is -2.68. The van der Waals surface area contributed by atoms with Gasteiger partial charge in [0.05, 0.1) is 18.7 Å². The first-order chi connectivity index (χ1) is 12.2. The number of benzene rings is 1. The highest BCUT2D eigenvalue weighted by Crippen LogP contribution is 2.22. The second-order valence-electron chi connectivity index (χ2n) is 6.83. The van der Waals surface area contributed by atoms with Crippen molar-refractivity contribution in [2.24, 2.45) is 5.73 Å². The van der Waals surface area contributed by atoms with Gasteiger partial charge in [-0.1, -0.05) is 24.6 Å². The number of hydrogen-bond acceptors (Lipinski definition) is 6. The maximum atomic E-state index is 11.4. The Morgan fingerprint density at radius 1 is 1.12 bits per heavy atom. The highest BCUT2D eigenvalue weighted by molar-refractivity contribution is 6.48. The fourth-order valence-electron chi connectivity index (χ4n) is 3.40. The van der Waals surface area contributed by atoms with Crippen LogP contribution in [0.5, 0.6) is 5.75 Å². The number of likely N-dealkylation sites (tertiary alicyclic amines) is 1. The number of ketones is 2. The number of carbonyl (C=O) groups is 2. The largest absolute Gasteiger partial charge is 0.493 e. The quantitative estimate of drug-likeness (QED) is 0.537. The van der Waals surface area contributed by atoms with Crippen LogP contribution in [0.25, 0.3) is 0 Å². The van der Waals surface area contributed by atoms with Gasteiger partial charge < -0.3 is 15.8 Å². The zero-order valence-corrected chi connectivity index (χ0v) is 14.6. The van der Waals surface area contributed by atoms with Crippen LogP contribution in [-0.4, -0.2) is 54.8 Å².